The zero-order valence-corrected chi connectivity index (χ0v) is 11.7. The van der Waals surface area contributed by atoms with Crippen molar-refractivity contribution in [3.63, 3.8) is 0 Å². The Balaban J connectivity index is 1.68. The summed E-state index contributed by atoms with van der Waals surface area (Å²) in [5.41, 5.74) is 8.58. The van der Waals surface area contributed by atoms with E-state index < -0.39 is 0 Å². The van der Waals surface area contributed by atoms with Gasteiger partial charge in [-0.05, 0) is 60.4 Å². The fourth-order valence-corrected chi connectivity index (χ4v) is 3.03. The van der Waals surface area contributed by atoms with Crippen LogP contribution in [0.5, 0.6) is 0 Å². The maximum Gasteiger partial charge on any atom is 0.0300 e. The molecule has 1 atom stereocenters. The SMILES string of the molecule is NNC(Cc1cccnc1)Cc1ccc2c(c1)CCC2. The molecular formula is C17H21N3. The molecule has 3 N–H and O–H groups in total. The van der Waals surface area contributed by atoms with E-state index in [-0.39, 0.29) is 6.04 Å². The Morgan fingerprint density at radius 1 is 1.10 bits per heavy atom. The van der Waals surface area contributed by atoms with Gasteiger partial charge in [0.15, 0.2) is 0 Å². The lowest BCUT2D eigenvalue weighted by atomic mass is 9.98. The fourth-order valence-electron chi connectivity index (χ4n) is 3.03. The fraction of sp³-hybridized carbons (Fsp3) is 0.353. The van der Waals surface area contributed by atoms with Crippen LogP contribution in [-0.2, 0) is 25.7 Å². The van der Waals surface area contributed by atoms with Crippen LogP contribution in [0, 0.1) is 0 Å². The van der Waals surface area contributed by atoms with Gasteiger partial charge in [0.25, 0.3) is 0 Å². The first kappa shape index (κ1) is 13.3. The molecule has 1 aromatic carbocycles. The number of nitrogens with zero attached hydrogens (tertiary/aromatic N) is 1. The molecule has 2 aromatic rings. The Morgan fingerprint density at radius 2 is 1.95 bits per heavy atom. The molecule has 0 bridgehead atoms. The van der Waals surface area contributed by atoms with Crippen molar-refractivity contribution in [2.24, 2.45) is 5.84 Å². The quantitative estimate of drug-likeness (QED) is 0.645. The van der Waals surface area contributed by atoms with E-state index in [2.05, 4.69) is 34.7 Å². The number of nitrogens with two attached hydrogens (primary N) is 1. The Hall–Kier alpha value is -1.71. The summed E-state index contributed by atoms with van der Waals surface area (Å²) in [7, 11) is 0. The highest BCUT2D eigenvalue weighted by molar-refractivity contribution is 5.35. The van der Waals surface area contributed by atoms with Gasteiger partial charge in [0, 0.05) is 18.4 Å². The van der Waals surface area contributed by atoms with Gasteiger partial charge in [-0.3, -0.25) is 16.3 Å². The standard InChI is InChI=1S/C17H21N3/c18-20-17(11-14-3-2-8-19-12-14)10-13-6-7-15-4-1-5-16(15)9-13/h2-3,6-9,12,17,20H,1,4-5,10-11,18H2. The lowest BCUT2D eigenvalue weighted by molar-refractivity contribution is 0.522. The molecule has 3 heteroatoms. The van der Waals surface area contributed by atoms with E-state index >= 15 is 0 Å². The molecule has 0 fully saturated rings. The van der Waals surface area contributed by atoms with Gasteiger partial charge in [-0.15, -0.1) is 0 Å². The van der Waals surface area contributed by atoms with Crippen LogP contribution in [-0.4, -0.2) is 11.0 Å². The van der Waals surface area contributed by atoms with Crippen molar-refractivity contribution in [2.75, 3.05) is 0 Å². The summed E-state index contributed by atoms with van der Waals surface area (Å²) in [4.78, 5) is 4.16. The van der Waals surface area contributed by atoms with Gasteiger partial charge < -0.3 is 0 Å². The third-order valence-electron chi connectivity index (χ3n) is 4.09. The highest BCUT2D eigenvalue weighted by Gasteiger charge is 2.13. The first-order chi connectivity index (χ1) is 9.85. The average molecular weight is 267 g/mol. The first-order valence-electron chi connectivity index (χ1n) is 7.31. The summed E-state index contributed by atoms with van der Waals surface area (Å²) in [6, 6.07) is 11.2. The van der Waals surface area contributed by atoms with E-state index in [1.165, 1.54) is 41.5 Å². The van der Waals surface area contributed by atoms with Gasteiger partial charge >= 0.3 is 0 Å². The van der Waals surface area contributed by atoms with Gasteiger partial charge in [0.2, 0.25) is 0 Å². The van der Waals surface area contributed by atoms with Crippen LogP contribution in [0.4, 0.5) is 0 Å². The molecule has 0 aliphatic heterocycles. The second-order valence-corrected chi connectivity index (χ2v) is 5.59. The number of rotatable bonds is 5. The molecule has 1 unspecified atom stereocenters. The van der Waals surface area contributed by atoms with Crippen molar-refractivity contribution in [3.05, 3.63) is 65.0 Å². The van der Waals surface area contributed by atoms with Crippen LogP contribution >= 0.6 is 0 Å². The molecule has 0 saturated heterocycles. The summed E-state index contributed by atoms with van der Waals surface area (Å²) in [6.07, 6.45) is 9.34. The highest BCUT2D eigenvalue weighted by Crippen LogP contribution is 2.23. The number of hydrogen-bond donors (Lipinski definition) is 2. The number of aromatic nitrogens is 1. The van der Waals surface area contributed by atoms with Crippen LogP contribution in [0.1, 0.15) is 28.7 Å². The summed E-state index contributed by atoms with van der Waals surface area (Å²) < 4.78 is 0. The zero-order valence-electron chi connectivity index (χ0n) is 11.7. The Kier molecular flexibility index (Phi) is 4.09. The maximum atomic E-state index is 5.71. The van der Waals surface area contributed by atoms with E-state index in [4.69, 9.17) is 5.84 Å². The molecule has 0 radical (unpaired) electrons. The van der Waals surface area contributed by atoms with E-state index in [9.17, 15) is 0 Å². The predicted molar refractivity (Wildman–Crippen MR) is 81.2 cm³/mol. The zero-order chi connectivity index (χ0) is 13.8. The van der Waals surface area contributed by atoms with Gasteiger partial charge in [-0.25, -0.2) is 0 Å². The monoisotopic (exact) mass is 267 g/mol. The minimum Gasteiger partial charge on any atom is -0.271 e. The third-order valence-corrected chi connectivity index (χ3v) is 4.09. The Morgan fingerprint density at radius 3 is 2.75 bits per heavy atom. The smallest absolute Gasteiger partial charge is 0.0300 e. The predicted octanol–water partition coefficient (Wildman–Crippen LogP) is 2.19. The molecule has 3 rings (SSSR count). The second kappa shape index (κ2) is 6.16. The van der Waals surface area contributed by atoms with Crippen molar-refractivity contribution in [1.29, 1.82) is 0 Å². The van der Waals surface area contributed by atoms with Crippen molar-refractivity contribution in [1.82, 2.24) is 10.4 Å². The molecule has 104 valence electrons. The number of hydrazine groups is 1. The van der Waals surface area contributed by atoms with Crippen LogP contribution in [0.2, 0.25) is 0 Å². The molecule has 20 heavy (non-hydrogen) atoms. The van der Waals surface area contributed by atoms with Gasteiger partial charge in [0.1, 0.15) is 0 Å². The number of hydrogen-bond acceptors (Lipinski definition) is 3. The number of pyridine rings is 1. The first-order valence-corrected chi connectivity index (χ1v) is 7.31. The summed E-state index contributed by atoms with van der Waals surface area (Å²) >= 11 is 0. The molecule has 0 saturated carbocycles. The summed E-state index contributed by atoms with van der Waals surface area (Å²) in [6.45, 7) is 0. The van der Waals surface area contributed by atoms with E-state index in [1.807, 2.05) is 12.3 Å². The molecule has 1 aromatic heterocycles. The van der Waals surface area contributed by atoms with Crippen molar-refractivity contribution in [2.45, 2.75) is 38.1 Å². The van der Waals surface area contributed by atoms with E-state index in [0.717, 1.165) is 12.8 Å². The molecule has 0 spiro atoms. The molecular weight excluding hydrogens is 246 g/mol. The van der Waals surface area contributed by atoms with Crippen molar-refractivity contribution in [3.8, 4) is 0 Å². The maximum absolute atomic E-state index is 5.71. The molecule has 0 amide bonds. The van der Waals surface area contributed by atoms with Crippen LogP contribution < -0.4 is 11.3 Å². The van der Waals surface area contributed by atoms with Crippen LogP contribution in [0.25, 0.3) is 0 Å². The number of aryl methyl sites for hydroxylation is 2. The number of fused-ring (bicyclic) bond motifs is 1. The van der Waals surface area contributed by atoms with Crippen LogP contribution in [0.3, 0.4) is 0 Å². The average Bonchev–Trinajstić information content (AvgIpc) is 2.95. The normalized spacial score (nSPS) is 15.1. The number of nitrogens with one attached hydrogen (secondary N) is 1. The molecule has 1 heterocycles. The lowest BCUT2D eigenvalue weighted by Crippen LogP contribution is -2.38. The minimum absolute atomic E-state index is 0.249. The molecule has 1 aliphatic carbocycles. The second-order valence-electron chi connectivity index (χ2n) is 5.59. The Labute approximate surface area is 120 Å². The number of benzene rings is 1. The largest absolute Gasteiger partial charge is 0.271 e. The highest BCUT2D eigenvalue weighted by atomic mass is 15.2. The molecule has 3 nitrogen and oxygen atoms in total. The Bertz CT molecular complexity index is 566. The van der Waals surface area contributed by atoms with Crippen LogP contribution in [0.15, 0.2) is 42.7 Å². The summed E-state index contributed by atoms with van der Waals surface area (Å²) in [5.74, 6) is 5.71. The third kappa shape index (κ3) is 3.06. The van der Waals surface area contributed by atoms with Gasteiger partial charge in [-0.1, -0.05) is 24.3 Å². The topological polar surface area (TPSA) is 50.9 Å². The summed E-state index contributed by atoms with van der Waals surface area (Å²) in [5, 5.41) is 0. The molecule has 1 aliphatic rings. The van der Waals surface area contributed by atoms with Crippen molar-refractivity contribution >= 4 is 0 Å². The van der Waals surface area contributed by atoms with Gasteiger partial charge in [0.05, 0.1) is 0 Å². The van der Waals surface area contributed by atoms with E-state index in [1.54, 1.807) is 6.20 Å². The van der Waals surface area contributed by atoms with E-state index in [0.29, 0.717) is 0 Å². The van der Waals surface area contributed by atoms with Gasteiger partial charge in [-0.2, -0.15) is 0 Å². The lowest BCUT2D eigenvalue weighted by Gasteiger charge is -2.16. The van der Waals surface area contributed by atoms with Crippen molar-refractivity contribution < 1.29 is 0 Å². The minimum atomic E-state index is 0.249.